The van der Waals surface area contributed by atoms with Gasteiger partial charge in [0.25, 0.3) is 5.91 Å². The van der Waals surface area contributed by atoms with E-state index in [0.717, 1.165) is 16.8 Å². The molecular weight excluding hydrogens is 471 g/mol. The Labute approximate surface area is 191 Å². The first kappa shape index (κ1) is 22.2. The van der Waals surface area contributed by atoms with Crippen LogP contribution in [0.2, 0.25) is 10.0 Å². The standard InChI is InChI=1S/C19H14Cl2N2O5S2/c1-27-13-5-9(3-11(20)16(13)24)7-15-18(26)23(19(29)30-15)22-8-10-4-12(21)17(25)14(6-10)28-2/h3-8,24-25H,1-2H3. The van der Waals surface area contributed by atoms with E-state index in [0.29, 0.717) is 16.0 Å². The highest BCUT2D eigenvalue weighted by Crippen LogP contribution is 2.38. The van der Waals surface area contributed by atoms with Gasteiger partial charge in [0.2, 0.25) is 0 Å². The Balaban J connectivity index is 1.87. The second-order valence-electron chi connectivity index (χ2n) is 5.85. The minimum Gasteiger partial charge on any atom is -0.503 e. The lowest BCUT2D eigenvalue weighted by atomic mass is 10.2. The number of ether oxygens (including phenoxy) is 2. The van der Waals surface area contributed by atoms with Crippen LogP contribution in [0.3, 0.4) is 0 Å². The Bertz CT molecular complexity index is 1100. The molecule has 0 saturated carbocycles. The molecule has 30 heavy (non-hydrogen) atoms. The predicted octanol–water partition coefficient (Wildman–Crippen LogP) is 4.66. The number of thiocarbonyl (C=S) groups is 1. The van der Waals surface area contributed by atoms with Crippen LogP contribution < -0.4 is 9.47 Å². The summed E-state index contributed by atoms with van der Waals surface area (Å²) in [6.07, 6.45) is 2.95. The second kappa shape index (κ2) is 9.13. The molecule has 0 radical (unpaired) electrons. The van der Waals surface area contributed by atoms with Gasteiger partial charge in [0.05, 0.1) is 35.4 Å². The highest BCUT2D eigenvalue weighted by atomic mass is 35.5. The van der Waals surface area contributed by atoms with Crippen molar-refractivity contribution < 1.29 is 24.5 Å². The number of benzene rings is 2. The normalized spacial score (nSPS) is 15.5. The molecular formula is C19H14Cl2N2O5S2. The first-order valence-corrected chi connectivity index (χ1v) is 10.2. The van der Waals surface area contributed by atoms with Crippen molar-refractivity contribution >= 4 is 69.7 Å². The first-order valence-electron chi connectivity index (χ1n) is 8.20. The molecule has 156 valence electrons. The van der Waals surface area contributed by atoms with Crippen LogP contribution in [0.15, 0.2) is 34.3 Å². The van der Waals surface area contributed by atoms with Gasteiger partial charge in [-0.3, -0.25) is 4.79 Å². The average molecular weight is 485 g/mol. The lowest BCUT2D eigenvalue weighted by Crippen LogP contribution is -2.22. The number of amides is 1. The van der Waals surface area contributed by atoms with E-state index >= 15 is 0 Å². The molecule has 7 nitrogen and oxygen atoms in total. The van der Waals surface area contributed by atoms with Crippen molar-refractivity contribution in [3.05, 3.63) is 50.3 Å². The summed E-state index contributed by atoms with van der Waals surface area (Å²) < 4.78 is 10.3. The van der Waals surface area contributed by atoms with Crippen LogP contribution >= 0.6 is 47.2 Å². The van der Waals surface area contributed by atoms with Gasteiger partial charge < -0.3 is 19.7 Å². The largest absolute Gasteiger partial charge is 0.503 e. The zero-order valence-corrected chi connectivity index (χ0v) is 18.7. The third kappa shape index (κ3) is 4.49. The van der Waals surface area contributed by atoms with Crippen molar-refractivity contribution in [3.63, 3.8) is 0 Å². The number of halogens is 2. The van der Waals surface area contributed by atoms with Crippen molar-refractivity contribution in [2.45, 2.75) is 0 Å². The molecule has 0 spiro atoms. The summed E-state index contributed by atoms with van der Waals surface area (Å²) in [5.74, 6) is -0.446. The number of carbonyl (C=O) groups excluding carboxylic acids is 1. The number of carbonyl (C=O) groups is 1. The Kier molecular flexibility index (Phi) is 6.77. The molecule has 1 aliphatic heterocycles. The smallest absolute Gasteiger partial charge is 0.286 e. The molecule has 0 aromatic heterocycles. The molecule has 1 saturated heterocycles. The fourth-order valence-electron chi connectivity index (χ4n) is 2.49. The molecule has 0 unspecified atom stereocenters. The van der Waals surface area contributed by atoms with Gasteiger partial charge >= 0.3 is 0 Å². The molecule has 0 aliphatic carbocycles. The topological polar surface area (TPSA) is 91.6 Å². The molecule has 1 fully saturated rings. The number of aromatic hydroxyl groups is 2. The van der Waals surface area contributed by atoms with E-state index in [1.165, 1.54) is 38.6 Å². The monoisotopic (exact) mass is 484 g/mol. The van der Waals surface area contributed by atoms with E-state index in [2.05, 4.69) is 5.10 Å². The minimum atomic E-state index is -0.429. The Morgan fingerprint density at radius 1 is 1.03 bits per heavy atom. The molecule has 1 amide bonds. The number of phenols is 2. The van der Waals surface area contributed by atoms with Crippen LogP contribution in [0.4, 0.5) is 0 Å². The van der Waals surface area contributed by atoms with Crippen LogP contribution in [0.5, 0.6) is 23.0 Å². The van der Waals surface area contributed by atoms with Gasteiger partial charge in [-0.15, -0.1) is 0 Å². The van der Waals surface area contributed by atoms with Crippen LogP contribution in [-0.2, 0) is 4.79 Å². The third-order valence-electron chi connectivity index (χ3n) is 3.93. The summed E-state index contributed by atoms with van der Waals surface area (Å²) in [7, 11) is 2.79. The van der Waals surface area contributed by atoms with Crippen LogP contribution in [0.1, 0.15) is 11.1 Å². The van der Waals surface area contributed by atoms with E-state index < -0.39 is 5.91 Å². The zero-order chi connectivity index (χ0) is 22.0. The van der Waals surface area contributed by atoms with E-state index in [9.17, 15) is 15.0 Å². The van der Waals surface area contributed by atoms with Crippen molar-refractivity contribution in [2.24, 2.45) is 5.10 Å². The van der Waals surface area contributed by atoms with Gasteiger partial charge in [-0.2, -0.15) is 10.1 Å². The third-order valence-corrected chi connectivity index (χ3v) is 5.79. The summed E-state index contributed by atoms with van der Waals surface area (Å²) in [6, 6.07) is 6.03. The number of nitrogens with zero attached hydrogens (tertiary/aromatic N) is 2. The Morgan fingerprint density at radius 3 is 2.13 bits per heavy atom. The maximum Gasteiger partial charge on any atom is 0.286 e. The van der Waals surface area contributed by atoms with Gasteiger partial charge in [-0.05, 0) is 53.7 Å². The molecule has 2 aromatic rings. The second-order valence-corrected chi connectivity index (χ2v) is 8.34. The van der Waals surface area contributed by atoms with Crippen molar-refractivity contribution in [1.82, 2.24) is 5.01 Å². The molecule has 3 rings (SSSR count). The molecule has 11 heteroatoms. The summed E-state index contributed by atoms with van der Waals surface area (Å²) in [6.45, 7) is 0. The zero-order valence-electron chi connectivity index (χ0n) is 15.6. The first-order chi connectivity index (χ1) is 14.2. The lowest BCUT2D eigenvalue weighted by molar-refractivity contribution is -0.122. The number of methoxy groups -OCH3 is 2. The maximum absolute atomic E-state index is 12.7. The van der Waals surface area contributed by atoms with Crippen molar-refractivity contribution in [2.75, 3.05) is 14.2 Å². The molecule has 2 aromatic carbocycles. The van der Waals surface area contributed by atoms with E-state index in [1.54, 1.807) is 12.1 Å². The van der Waals surface area contributed by atoms with Gasteiger partial charge in [0.1, 0.15) is 0 Å². The number of hydrogen-bond donors (Lipinski definition) is 2. The quantitative estimate of drug-likeness (QED) is 0.362. The number of phenolic OH excluding ortho intramolecular Hbond substituents is 2. The van der Waals surface area contributed by atoms with Gasteiger partial charge in [-0.25, -0.2) is 0 Å². The average Bonchev–Trinajstić information content (AvgIpc) is 2.97. The molecule has 2 N–H and O–H groups in total. The highest BCUT2D eigenvalue weighted by Gasteiger charge is 2.32. The fraction of sp³-hybridized carbons (Fsp3) is 0.105. The molecule has 1 aliphatic rings. The maximum atomic E-state index is 12.7. The van der Waals surface area contributed by atoms with E-state index in [1.807, 2.05) is 0 Å². The summed E-state index contributed by atoms with van der Waals surface area (Å²) in [5.41, 5.74) is 1.05. The van der Waals surface area contributed by atoms with Gasteiger partial charge in [0.15, 0.2) is 27.3 Å². The predicted molar refractivity (Wildman–Crippen MR) is 122 cm³/mol. The molecule has 0 bridgehead atoms. The summed E-state index contributed by atoms with van der Waals surface area (Å²) >= 11 is 18.3. The van der Waals surface area contributed by atoms with Crippen LogP contribution in [-0.4, -0.2) is 45.9 Å². The van der Waals surface area contributed by atoms with Crippen LogP contribution in [0, 0.1) is 0 Å². The molecule has 0 atom stereocenters. The van der Waals surface area contributed by atoms with Crippen molar-refractivity contribution in [3.8, 4) is 23.0 Å². The molecule has 1 heterocycles. The summed E-state index contributed by atoms with van der Waals surface area (Å²) in [5, 5.41) is 25.0. The summed E-state index contributed by atoms with van der Waals surface area (Å²) in [4.78, 5) is 13.0. The number of hydrogen-bond acceptors (Lipinski definition) is 8. The minimum absolute atomic E-state index is 0.0826. The van der Waals surface area contributed by atoms with Crippen LogP contribution in [0.25, 0.3) is 6.08 Å². The SMILES string of the molecule is COc1cc(C=NN2C(=O)C(=Cc3cc(Cl)c(O)c(OC)c3)SC2=S)cc(Cl)c1O. The van der Waals surface area contributed by atoms with Gasteiger partial charge in [0, 0.05) is 0 Å². The van der Waals surface area contributed by atoms with E-state index in [4.69, 9.17) is 44.9 Å². The Morgan fingerprint density at radius 2 is 1.57 bits per heavy atom. The number of hydrazone groups is 1. The highest BCUT2D eigenvalue weighted by molar-refractivity contribution is 8.26. The van der Waals surface area contributed by atoms with E-state index in [-0.39, 0.29) is 37.4 Å². The number of thioether (sulfide) groups is 1. The Hall–Kier alpha value is -2.46. The fourth-order valence-corrected chi connectivity index (χ4v) is 4.10. The van der Waals surface area contributed by atoms with Gasteiger partial charge in [-0.1, -0.05) is 35.0 Å². The van der Waals surface area contributed by atoms with Crippen molar-refractivity contribution in [1.29, 1.82) is 0 Å². The number of rotatable bonds is 5. The lowest BCUT2D eigenvalue weighted by Gasteiger charge is -2.08.